The predicted molar refractivity (Wildman–Crippen MR) is 108 cm³/mol. The number of hydrogen-bond donors (Lipinski definition) is 3. The third-order valence-electron chi connectivity index (χ3n) is 3.90. The SMILES string of the molecule is CCc1cccc(NC(=S)NNC(=O)c2ccc(C(C)(C)C)cc2)c1. The molecule has 0 saturated carbocycles. The maximum atomic E-state index is 12.2. The minimum atomic E-state index is -0.230. The van der Waals surface area contributed by atoms with E-state index in [9.17, 15) is 4.79 Å². The van der Waals surface area contributed by atoms with Gasteiger partial charge in [0, 0.05) is 11.3 Å². The van der Waals surface area contributed by atoms with Gasteiger partial charge in [0.25, 0.3) is 5.91 Å². The van der Waals surface area contributed by atoms with Crippen molar-refractivity contribution >= 4 is 28.9 Å². The summed E-state index contributed by atoms with van der Waals surface area (Å²) in [5.41, 5.74) is 9.28. The van der Waals surface area contributed by atoms with Gasteiger partial charge in [-0.25, -0.2) is 0 Å². The van der Waals surface area contributed by atoms with Gasteiger partial charge in [-0.15, -0.1) is 0 Å². The summed E-state index contributed by atoms with van der Waals surface area (Å²) in [5.74, 6) is -0.230. The number of carbonyl (C=O) groups is 1. The zero-order valence-corrected chi connectivity index (χ0v) is 16.0. The van der Waals surface area contributed by atoms with Gasteiger partial charge < -0.3 is 5.32 Å². The number of carbonyl (C=O) groups excluding carboxylic acids is 1. The minimum absolute atomic E-state index is 0.0613. The molecule has 0 unspecified atom stereocenters. The zero-order valence-electron chi connectivity index (χ0n) is 15.1. The van der Waals surface area contributed by atoms with Crippen LogP contribution in [0.3, 0.4) is 0 Å². The molecule has 3 N–H and O–H groups in total. The molecule has 1 amide bonds. The molecule has 0 aromatic heterocycles. The second-order valence-corrected chi connectivity index (χ2v) is 7.32. The van der Waals surface area contributed by atoms with Gasteiger partial charge in [0.2, 0.25) is 0 Å². The summed E-state index contributed by atoms with van der Waals surface area (Å²) < 4.78 is 0. The molecule has 4 nitrogen and oxygen atoms in total. The highest BCUT2D eigenvalue weighted by Gasteiger charge is 2.14. The number of hydrazine groups is 1. The van der Waals surface area contributed by atoms with Crippen LogP contribution >= 0.6 is 12.2 Å². The highest BCUT2D eigenvalue weighted by molar-refractivity contribution is 7.80. The fraction of sp³-hybridized carbons (Fsp3) is 0.300. The fourth-order valence-electron chi connectivity index (χ4n) is 2.34. The Morgan fingerprint density at radius 3 is 2.32 bits per heavy atom. The third-order valence-corrected chi connectivity index (χ3v) is 4.10. The Morgan fingerprint density at radius 1 is 1.04 bits per heavy atom. The molecule has 2 aromatic rings. The molecule has 5 heteroatoms. The van der Waals surface area contributed by atoms with Crippen LogP contribution in [0.1, 0.15) is 49.2 Å². The van der Waals surface area contributed by atoms with Crippen LogP contribution in [0.5, 0.6) is 0 Å². The van der Waals surface area contributed by atoms with E-state index in [0.29, 0.717) is 10.7 Å². The van der Waals surface area contributed by atoms with Gasteiger partial charge in [-0.2, -0.15) is 0 Å². The Kier molecular flexibility index (Phi) is 6.15. The Bertz CT molecular complexity index is 748. The fourth-order valence-corrected chi connectivity index (χ4v) is 2.51. The van der Waals surface area contributed by atoms with E-state index in [1.54, 1.807) is 0 Å². The number of hydrogen-bond acceptors (Lipinski definition) is 2. The Morgan fingerprint density at radius 2 is 1.72 bits per heavy atom. The lowest BCUT2D eigenvalue weighted by atomic mass is 9.87. The summed E-state index contributed by atoms with van der Waals surface area (Å²) in [7, 11) is 0. The van der Waals surface area contributed by atoms with E-state index < -0.39 is 0 Å². The number of rotatable bonds is 3. The van der Waals surface area contributed by atoms with Crippen molar-refractivity contribution in [1.29, 1.82) is 0 Å². The quantitative estimate of drug-likeness (QED) is 0.571. The van der Waals surface area contributed by atoms with Crippen LogP contribution in [0, 0.1) is 0 Å². The number of amides is 1. The molecule has 0 aliphatic rings. The van der Waals surface area contributed by atoms with Crippen molar-refractivity contribution in [2.45, 2.75) is 39.5 Å². The summed E-state index contributed by atoms with van der Waals surface area (Å²) in [6.45, 7) is 8.52. The standard InChI is InChI=1S/C20H25N3OS/c1-5-14-7-6-8-17(13-14)21-19(25)23-22-18(24)15-9-11-16(12-10-15)20(2,3)4/h6-13H,5H2,1-4H3,(H,22,24)(H2,21,23,25). The molecular weight excluding hydrogens is 330 g/mol. The highest BCUT2D eigenvalue weighted by atomic mass is 32.1. The zero-order chi connectivity index (χ0) is 18.4. The number of benzene rings is 2. The molecule has 0 radical (unpaired) electrons. The maximum absolute atomic E-state index is 12.2. The minimum Gasteiger partial charge on any atom is -0.331 e. The van der Waals surface area contributed by atoms with E-state index in [4.69, 9.17) is 12.2 Å². The molecule has 2 rings (SSSR count). The Hall–Kier alpha value is -2.40. The van der Waals surface area contributed by atoms with Gasteiger partial charge in [0.1, 0.15) is 0 Å². The number of anilines is 1. The van der Waals surface area contributed by atoms with Crippen molar-refractivity contribution in [1.82, 2.24) is 10.9 Å². The topological polar surface area (TPSA) is 53.2 Å². The average Bonchev–Trinajstić information content (AvgIpc) is 2.59. The van der Waals surface area contributed by atoms with Crippen molar-refractivity contribution in [2.75, 3.05) is 5.32 Å². The summed E-state index contributed by atoms with van der Waals surface area (Å²) in [6.07, 6.45) is 0.955. The van der Waals surface area contributed by atoms with Crippen molar-refractivity contribution in [3.8, 4) is 0 Å². The molecule has 0 atom stereocenters. The third kappa shape index (κ3) is 5.57. The second-order valence-electron chi connectivity index (χ2n) is 6.91. The first-order valence-electron chi connectivity index (χ1n) is 8.36. The van der Waals surface area contributed by atoms with Crippen LogP contribution in [-0.4, -0.2) is 11.0 Å². The molecule has 0 aliphatic heterocycles. The summed E-state index contributed by atoms with van der Waals surface area (Å²) in [5, 5.41) is 3.40. The van der Waals surface area contributed by atoms with Crippen LogP contribution in [0.2, 0.25) is 0 Å². The van der Waals surface area contributed by atoms with Crippen LogP contribution in [0.25, 0.3) is 0 Å². The van der Waals surface area contributed by atoms with E-state index in [2.05, 4.69) is 49.9 Å². The molecule has 0 aliphatic carbocycles. The first kappa shape index (κ1) is 18.9. The van der Waals surface area contributed by atoms with E-state index in [-0.39, 0.29) is 11.3 Å². The van der Waals surface area contributed by atoms with Gasteiger partial charge in [-0.05, 0) is 59.4 Å². The molecule has 2 aromatic carbocycles. The predicted octanol–water partition coefficient (Wildman–Crippen LogP) is 4.18. The summed E-state index contributed by atoms with van der Waals surface area (Å²) in [4.78, 5) is 12.2. The molecular formula is C20H25N3OS. The normalized spacial score (nSPS) is 10.9. The van der Waals surface area contributed by atoms with E-state index in [1.807, 2.05) is 42.5 Å². The number of thiocarbonyl (C=S) groups is 1. The molecule has 0 saturated heterocycles. The van der Waals surface area contributed by atoms with Crippen LogP contribution < -0.4 is 16.2 Å². The van der Waals surface area contributed by atoms with Crippen molar-refractivity contribution in [3.63, 3.8) is 0 Å². The van der Waals surface area contributed by atoms with E-state index >= 15 is 0 Å². The lowest BCUT2D eigenvalue weighted by Gasteiger charge is -2.19. The van der Waals surface area contributed by atoms with Gasteiger partial charge in [0.05, 0.1) is 0 Å². The Balaban J connectivity index is 1.89. The van der Waals surface area contributed by atoms with Crippen LogP contribution in [-0.2, 0) is 11.8 Å². The number of aryl methyl sites for hydroxylation is 1. The Labute approximate surface area is 155 Å². The number of nitrogens with one attached hydrogen (secondary N) is 3. The van der Waals surface area contributed by atoms with Gasteiger partial charge in [0.15, 0.2) is 5.11 Å². The van der Waals surface area contributed by atoms with Crippen molar-refractivity contribution in [2.24, 2.45) is 0 Å². The highest BCUT2D eigenvalue weighted by Crippen LogP contribution is 2.22. The lowest BCUT2D eigenvalue weighted by molar-refractivity contribution is 0.0944. The monoisotopic (exact) mass is 355 g/mol. The van der Waals surface area contributed by atoms with Crippen molar-refractivity contribution < 1.29 is 4.79 Å². The van der Waals surface area contributed by atoms with Crippen molar-refractivity contribution in [3.05, 3.63) is 65.2 Å². The summed E-state index contributed by atoms with van der Waals surface area (Å²) in [6, 6.07) is 15.6. The maximum Gasteiger partial charge on any atom is 0.269 e. The molecule has 0 spiro atoms. The van der Waals surface area contributed by atoms with Crippen LogP contribution in [0.4, 0.5) is 5.69 Å². The second kappa shape index (κ2) is 8.12. The smallest absolute Gasteiger partial charge is 0.269 e. The van der Waals surface area contributed by atoms with Gasteiger partial charge in [-0.1, -0.05) is 52.0 Å². The largest absolute Gasteiger partial charge is 0.331 e. The first-order valence-corrected chi connectivity index (χ1v) is 8.77. The van der Waals surface area contributed by atoms with Gasteiger partial charge in [-0.3, -0.25) is 15.6 Å². The lowest BCUT2D eigenvalue weighted by Crippen LogP contribution is -2.43. The average molecular weight is 356 g/mol. The molecule has 25 heavy (non-hydrogen) atoms. The van der Waals surface area contributed by atoms with Gasteiger partial charge >= 0.3 is 0 Å². The molecule has 0 fully saturated rings. The molecule has 132 valence electrons. The van der Waals surface area contributed by atoms with Crippen LogP contribution in [0.15, 0.2) is 48.5 Å². The first-order chi connectivity index (χ1) is 11.8. The summed E-state index contributed by atoms with van der Waals surface area (Å²) >= 11 is 5.22. The van der Waals surface area contributed by atoms with E-state index in [0.717, 1.165) is 12.1 Å². The van der Waals surface area contributed by atoms with E-state index in [1.165, 1.54) is 11.1 Å². The molecule has 0 heterocycles. The molecule has 0 bridgehead atoms.